The van der Waals surface area contributed by atoms with E-state index in [-0.39, 0.29) is 0 Å². The van der Waals surface area contributed by atoms with E-state index >= 15 is 0 Å². The van der Waals surface area contributed by atoms with Crippen LogP contribution in [0.4, 0.5) is 0 Å². The average Bonchev–Trinajstić information content (AvgIpc) is 2.85. The molecule has 0 aliphatic rings. The first-order valence-corrected chi connectivity index (χ1v) is 7.45. The average molecular weight is 259 g/mol. The SMILES string of the molecule is CCCNC(C)CCCCn1ncc2ccccc21. The largest absolute Gasteiger partial charge is 0.314 e. The Balaban J connectivity index is 1.74. The lowest BCUT2D eigenvalue weighted by molar-refractivity contribution is 0.470. The zero-order valence-electron chi connectivity index (χ0n) is 12.1. The molecule has 3 heteroatoms. The van der Waals surface area contributed by atoms with Crippen molar-refractivity contribution in [3.63, 3.8) is 0 Å². The van der Waals surface area contributed by atoms with Crippen LogP contribution in [-0.4, -0.2) is 22.4 Å². The maximum Gasteiger partial charge on any atom is 0.0682 e. The number of hydrogen-bond donors (Lipinski definition) is 1. The van der Waals surface area contributed by atoms with Crippen LogP contribution < -0.4 is 5.32 Å². The molecule has 1 N–H and O–H groups in total. The molecule has 0 aliphatic heterocycles. The molecule has 0 saturated heterocycles. The van der Waals surface area contributed by atoms with Gasteiger partial charge in [-0.2, -0.15) is 5.10 Å². The van der Waals surface area contributed by atoms with E-state index in [1.165, 1.54) is 36.6 Å². The molecule has 1 atom stereocenters. The van der Waals surface area contributed by atoms with Crippen LogP contribution in [0.5, 0.6) is 0 Å². The van der Waals surface area contributed by atoms with Crippen molar-refractivity contribution in [1.29, 1.82) is 0 Å². The molecule has 0 radical (unpaired) electrons. The molecular weight excluding hydrogens is 234 g/mol. The van der Waals surface area contributed by atoms with E-state index < -0.39 is 0 Å². The number of aromatic nitrogens is 2. The molecule has 1 unspecified atom stereocenters. The summed E-state index contributed by atoms with van der Waals surface area (Å²) in [5.41, 5.74) is 1.25. The number of fused-ring (bicyclic) bond motifs is 1. The van der Waals surface area contributed by atoms with E-state index in [9.17, 15) is 0 Å². The second-order valence-electron chi connectivity index (χ2n) is 5.28. The molecule has 2 rings (SSSR count). The molecular formula is C16H25N3. The molecule has 0 saturated carbocycles. The predicted octanol–water partition coefficient (Wildman–Crippen LogP) is 3.59. The number of hydrogen-bond acceptors (Lipinski definition) is 2. The van der Waals surface area contributed by atoms with Crippen LogP contribution in [0.15, 0.2) is 30.5 Å². The molecule has 2 aromatic rings. The van der Waals surface area contributed by atoms with E-state index in [2.05, 4.69) is 53.2 Å². The molecule has 104 valence electrons. The standard InChI is InChI=1S/C16H25N3/c1-3-11-17-14(2)8-6-7-12-19-16-10-5-4-9-15(16)13-18-19/h4-5,9-10,13-14,17H,3,6-8,11-12H2,1-2H3. The minimum absolute atomic E-state index is 0.634. The third-order valence-electron chi connectivity index (χ3n) is 3.55. The Morgan fingerprint density at radius 1 is 1.26 bits per heavy atom. The Labute approximate surface area is 116 Å². The fraction of sp³-hybridized carbons (Fsp3) is 0.562. The van der Waals surface area contributed by atoms with Crippen LogP contribution >= 0.6 is 0 Å². The minimum Gasteiger partial charge on any atom is -0.314 e. The molecule has 0 amide bonds. The smallest absolute Gasteiger partial charge is 0.0682 e. The van der Waals surface area contributed by atoms with Crippen LogP contribution in [0.3, 0.4) is 0 Å². The van der Waals surface area contributed by atoms with Crippen LogP contribution in [0.25, 0.3) is 10.9 Å². The van der Waals surface area contributed by atoms with E-state index in [1.807, 2.05) is 6.20 Å². The van der Waals surface area contributed by atoms with Crippen molar-refractivity contribution in [2.24, 2.45) is 0 Å². The first-order valence-electron chi connectivity index (χ1n) is 7.45. The van der Waals surface area contributed by atoms with Crippen LogP contribution in [0, 0.1) is 0 Å². The van der Waals surface area contributed by atoms with Gasteiger partial charge >= 0.3 is 0 Å². The van der Waals surface area contributed by atoms with Gasteiger partial charge in [-0.3, -0.25) is 4.68 Å². The van der Waals surface area contributed by atoms with Gasteiger partial charge in [0.15, 0.2) is 0 Å². The Hall–Kier alpha value is -1.35. The summed E-state index contributed by atoms with van der Waals surface area (Å²) < 4.78 is 2.12. The molecule has 0 fully saturated rings. The van der Waals surface area contributed by atoms with Crippen molar-refractivity contribution >= 4 is 10.9 Å². The lowest BCUT2D eigenvalue weighted by Gasteiger charge is -2.12. The number of benzene rings is 1. The Kier molecular flexibility index (Phi) is 5.40. The second kappa shape index (κ2) is 7.29. The van der Waals surface area contributed by atoms with Gasteiger partial charge in [0.05, 0.1) is 11.7 Å². The summed E-state index contributed by atoms with van der Waals surface area (Å²) in [4.78, 5) is 0. The van der Waals surface area contributed by atoms with Crippen LogP contribution in [0.2, 0.25) is 0 Å². The van der Waals surface area contributed by atoms with E-state index in [1.54, 1.807) is 0 Å². The third kappa shape index (κ3) is 4.06. The normalized spacial score (nSPS) is 12.9. The summed E-state index contributed by atoms with van der Waals surface area (Å²) >= 11 is 0. The fourth-order valence-corrected chi connectivity index (χ4v) is 2.41. The van der Waals surface area contributed by atoms with Crippen molar-refractivity contribution in [3.8, 4) is 0 Å². The Morgan fingerprint density at radius 3 is 2.95 bits per heavy atom. The molecule has 0 bridgehead atoms. The van der Waals surface area contributed by atoms with Gasteiger partial charge in [0.2, 0.25) is 0 Å². The number of aryl methyl sites for hydroxylation is 1. The number of nitrogens with one attached hydrogen (secondary N) is 1. The zero-order chi connectivity index (χ0) is 13.5. The number of unbranched alkanes of at least 4 members (excludes halogenated alkanes) is 1. The molecule has 1 aromatic carbocycles. The van der Waals surface area contributed by atoms with E-state index in [0.717, 1.165) is 13.1 Å². The summed E-state index contributed by atoms with van der Waals surface area (Å²) in [6.07, 6.45) is 6.87. The maximum absolute atomic E-state index is 4.46. The highest BCUT2D eigenvalue weighted by Crippen LogP contribution is 2.13. The van der Waals surface area contributed by atoms with Gasteiger partial charge in [-0.25, -0.2) is 0 Å². The van der Waals surface area contributed by atoms with Crippen molar-refractivity contribution in [2.75, 3.05) is 6.54 Å². The van der Waals surface area contributed by atoms with Gasteiger partial charge < -0.3 is 5.32 Å². The zero-order valence-corrected chi connectivity index (χ0v) is 12.1. The summed E-state index contributed by atoms with van der Waals surface area (Å²) in [6.45, 7) is 6.64. The molecule has 19 heavy (non-hydrogen) atoms. The van der Waals surface area contributed by atoms with Crippen molar-refractivity contribution in [3.05, 3.63) is 30.5 Å². The number of para-hydroxylation sites is 1. The highest BCUT2D eigenvalue weighted by molar-refractivity contribution is 5.78. The summed E-state index contributed by atoms with van der Waals surface area (Å²) in [7, 11) is 0. The van der Waals surface area contributed by atoms with E-state index in [4.69, 9.17) is 0 Å². The van der Waals surface area contributed by atoms with Crippen LogP contribution in [-0.2, 0) is 6.54 Å². The van der Waals surface area contributed by atoms with Crippen molar-refractivity contribution in [2.45, 2.75) is 52.1 Å². The van der Waals surface area contributed by atoms with Crippen molar-refractivity contribution < 1.29 is 0 Å². The van der Waals surface area contributed by atoms with Crippen LogP contribution in [0.1, 0.15) is 39.5 Å². The highest BCUT2D eigenvalue weighted by Gasteiger charge is 2.03. The van der Waals surface area contributed by atoms with Gasteiger partial charge in [0.1, 0.15) is 0 Å². The summed E-state index contributed by atoms with van der Waals surface area (Å²) in [5, 5.41) is 9.23. The second-order valence-corrected chi connectivity index (χ2v) is 5.28. The van der Waals surface area contributed by atoms with Gasteiger partial charge in [-0.05, 0) is 38.8 Å². The lowest BCUT2D eigenvalue weighted by atomic mass is 10.1. The van der Waals surface area contributed by atoms with Gasteiger partial charge in [-0.15, -0.1) is 0 Å². The van der Waals surface area contributed by atoms with Gasteiger partial charge in [-0.1, -0.05) is 31.5 Å². The first-order chi connectivity index (χ1) is 9.31. The van der Waals surface area contributed by atoms with Gasteiger partial charge in [0.25, 0.3) is 0 Å². The summed E-state index contributed by atoms with van der Waals surface area (Å²) in [6, 6.07) is 9.05. The molecule has 0 aliphatic carbocycles. The Bertz CT molecular complexity index is 489. The highest BCUT2D eigenvalue weighted by atomic mass is 15.3. The molecule has 1 heterocycles. The number of rotatable bonds is 8. The lowest BCUT2D eigenvalue weighted by Crippen LogP contribution is -2.26. The predicted molar refractivity (Wildman–Crippen MR) is 81.3 cm³/mol. The van der Waals surface area contributed by atoms with Gasteiger partial charge in [0, 0.05) is 18.0 Å². The monoisotopic (exact) mass is 259 g/mol. The minimum atomic E-state index is 0.634. The molecule has 3 nitrogen and oxygen atoms in total. The third-order valence-corrected chi connectivity index (χ3v) is 3.55. The summed E-state index contributed by atoms with van der Waals surface area (Å²) in [5.74, 6) is 0. The topological polar surface area (TPSA) is 29.9 Å². The quantitative estimate of drug-likeness (QED) is 0.734. The molecule has 1 aromatic heterocycles. The first kappa shape index (κ1) is 14.1. The fourth-order valence-electron chi connectivity index (χ4n) is 2.41. The van der Waals surface area contributed by atoms with Crippen molar-refractivity contribution in [1.82, 2.24) is 15.1 Å². The maximum atomic E-state index is 4.46. The Morgan fingerprint density at radius 2 is 2.11 bits per heavy atom. The van der Waals surface area contributed by atoms with E-state index in [0.29, 0.717) is 6.04 Å². The number of nitrogens with zero attached hydrogens (tertiary/aromatic N) is 2. The molecule has 0 spiro atoms.